The summed E-state index contributed by atoms with van der Waals surface area (Å²) in [5.74, 6) is -0.194. The van der Waals surface area contributed by atoms with E-state index in [9.17, 15) is 9.90 Å². The second kappa shape index (κ2) is 9.13. The summed E-state index contributed by atoms with van der Waals surface area (Å²) in [5, 5.41) is 12.8. The molecule has 1 aliphatic rings. The number of aliphatic hydroxyl groups excluding tert-OH is 1. The van der Waals surface area contributed by atoms with E-state index < -0.39 is 6.10 Å². The van der Waals surface area contributed by atoms with Gasteiger partial charge in [0.1, 0.15) is 0 Å². The summed E-state index contributed by atoms with van der Waals surface area (Å²) < 4.78 is 5.28. The first-order valence-corrected chi connectivity index (χ1v) is 8.89. The van der Waals surface area contributed by atoms with Gasteiger partial charge in [-0.15, -0.1) is 0 Å². The van der Waals surface area contributed by atoms with Crippen LogP contribution in [0.3, 0.4) is 0 Å². The van der Waals surface area contributed by atoms with Crippen LogP contribution in [0.25, 0.3) is 6.08 Å². The number of carbonyl (C=O) groups excluding carboxylic acids is 1. The maximum atomic E-state index is 11.9. The average Bonchev–Trinajstić information content (AvgIpc) is 2.58. The summed E-state index contributed by atoms with van der Waals surface area (Å²) in [4.78, 5) is 14.0. The van der Waals surface area contributed by atoms with Crippen LogP contribution in [0.4, 0.5) is 0 Å². The first kappa shape index (κ1) is 19.6. The Hall–Kier alpha value is -1.69. The summed E-state index contributed by atoms with van der Waals surface area (Å²) in [5.41, 5.74) is 2.37. The van der Waals surface area contributed by atoms with Crippen molar-refractivity contribution in [2.24, 2.45) is 0 Å². The summed E-state index contributed by atoms with van der Waals surface area (Å²) in [6, 6.07) is 8.20. The number of nitrogens with zero attached hydrogens (tertiary/aromatic N) is 1. The van der Waals surface area contributed by atoms with Gasteiger partial charge in [-0.2, -0.15) is 0 Å². The third-order valence-electron chi connectivity index (χ3n) is 4.29. The Morgan fingerprint density at radius 1 is 1.28 bits per heavy atom. The van der Waals surface area contributed by atoms with Crippen LogP contribution >= 0.6 is 0 Å². The number of hydrogen-bond acceptors (Lipinski definition) is 4. The second-order valence-corrected chi connectivity index (χ2v) is 7.52. The minimum Gasteiger partial charge on any atom is -0.390 e. The van der Waals surface area contributed by atoms with Crippen molar-refractivity contribution in [1.29, 1.82) is 0 Å². The van der Waals surface area contributed by atoms with Crippen LogP contribution in [0.5, 0.6) is 0 Å². The SMILES string of the molecule is CC(C)(C)c1ccc(/C=C/C(=O)NCC(O)CN2CCOCC2)cc1. The Morgan fingerprint density at radius 3 is 2.52 bits per heavy atom. The van der Waals surface area contributed by atoms with E-state index in [1.807, 2.05) is 12.1 Å². The Kier molecular flexibility index (Phi) is 7.17. The smallest absolute Gasteiger partial charge is 0.244 e. The van der Waals surface area contributed by atoms with E-state index in [4.69, 9.17) is 4.74 Å². The van der Waals surface area contributed by atoms with Crippen LogP contribution in [0.2, 0.25) is 0 Å². The van der Waals surface area contributed by atoms with Crippen LogP contribution < -0.4 is 5.32 Å². The van der Waals surface area contributed by atoms with Gasteiger partial charge in [-0.1, -0.05) is 45.0 Å². The minimum atomic E-state index is -0.568. The molecule has 1 aliphatic heterocycles. The van der Waals surface area contributed by atoms with Gasteiger partial charge in [0.05, 0.1) is 19.3 Å². The Morgan fingerprint density at radius 2 is 1.92 bits per heavy atom. The molecule has 0 aliphatic carbocycles. The first-order chi connectivity index (χ1) is 11.8. The molecule has 1 amide bonds. The predicted molar refractivity (Wildman–Crippen MR) is 100 cm³/mol. The summed E-state index contributed by atoms with van der Waals surface area (Å²) in [6.07, 6.45) is 2.73. The quantitative estimate of drug-likeness (QED) is 0.771. The lowest BCUT2D eigenvalue weighted by Gasteiger charge is -2.28. The maximum Gasteiger partial charge on any atom is 0.244 e. The minimum absolute atomic E-state index is 0.121. The van der Waals surface area contributed by atoms with E-state index in [1.54, 1.807) is 6.08 Å². The van der Waals surface area contributed by atoms with E-state index in [1.165, 1.54) is 11.6 Å². The van der Waals surface area contributed by atoms with Crippen molar-refractivity contribution in [2.45, 2.75) is 32.3 Å². The normalized spacial score (nSPS) is 17.6. The Bertz CT molecular complexity index is 570. The maximum absolute atomic E-state index is 11.9. The molecular formula is C20H30N2O3. The lowest BCUT2D eigenvalue weighted by molar-refractivity contribution is -0.117. The molecule has 138 valence electrons. The standard InChI is InChI=1S/C20H30N2O3/c1-20(2,3)17-7-4-16(5-8-17)6-9-19(24)21-14-18(23)15-22-10-12-25-13-11-22/h4-9,18,23H,10-15H2,1-3H3,(H,21,24)/b9-6+. The molecule has 0 saturated carbocycles. The van der Waals surface area contributed by atoms with Gasteiger partial charge >= 0.3 is 0 Å². The van der Waals surface area contributed by atoms with Crippen LogP contribution in [-0.2, 0) is 14.9 Å². The van der Waals surface area contributed by atoms with Gasteiger partial charge < -0.3 is 15.2 Å². The molecule has 1 saturated heterocycles. The van der Waals surface area contributed by atoms with Crippen LogP contribution in [0.1, 0.15) is 31.9 Å². The molecule has 2 N–H and O–H groups in total. The number of amides is 1. The van der Waals surface area contributed by atoms with Gasteiger partial charge in [0, 0.05) is 32.3 Å². The van der Waals surface area contributed by atoms with Crippen LogP contribution in [-0.4, -0.2) is 61.4 Å². The molecule has 0 aromatic heterocycles. The number of carbonyl (C=O) groups is 1. The zero-order valence-electron chi connectivity index (χ0n) is 15.5. The molecule has 0 radical (unpaired) electrons. The molecule has 1 heterocycles. The fraction of sp³-hybridized carbons (Fsp3) is 0.550. The summed E-state index contributed by atoms with van der Waals surface area (Å²) in [7, 11) is 0. The number of ether oxygens (including phenoxy) is 1. The molecule has 0 bridgehead atoms. The molecule has 25 heavy (non-hydrogen) atoms. The fourth-order valence-corrected chi connectivity index (χ4v) is 2.69. The molecular weight excluding hydrogens is 316 g/mol. The fourth-order valence-electron chi connectivity index (χ4n) is 2.69. The number of rotatable bonds is 6. The second-order valence-electron chi connectivity index (χ2n) is 7.52. The van der Waals surface area contributed by atoms with Gasteiger partial charge in [0.25, 0.3) is 0 Å². The lowest BCUT2D eigenvalue weighted by Crippen LogP contribution is -2.44. The molecule has 1 fully saturated rings. The molecule has 1 aromatic carbocycles. The molecule has 0 spiro atoms. The molecule has 5 nitrogen and oxygen atoms in total. The molecule has 5 heteroatoms. The van der Waals surface area contributed by atoms with Crippen molar-refractivity contribution in [3.63, 3.8) is 0 Å². The highest BCUT2D eigenvalue weighted by Crippen LogP contribution is 2.22. The number of morpholine rings is 1. The van der Waals surface area contributed by atoms with E-state index in [2.05, 4.69) is 43.1 Å². The molecule has 2 rings (SSSR count). The van der Waals surface area contributed by atoms with Crippen molar-refractivity contribution in [3.8, 4) is 0 Å². The molecule has 1 aromatic rings. The van der Waals surface area contributed by atoms with E-state index in [-0.39, 0.29) is 17.9 Å². The van der Waals surface area contributed by atoms with Gasteiger partial charge in [-0.25, -0.2) is 0 Å². The molecule has 1 unspecified atom stereocenters. The van der Waals surface area contributed by atoms with Gasteiger partial charge in [0.2, 0.25) is 5.91 Å². The van der Waals surface area contributed by atoms with Crippen molar-refractivity contribution in [2.75, 3.05) is 39.4 Å². The highest BCUT2D eigenvalue weighted by molar-refractivity contribution is 5.91. The van der Waals surface area contributed by atoms with E-state index in [0.717, 1.165) is 18.7 Å². The third kappa shape index (κ3) is 6.98. The van der Waals surface area contributed by atoms with Crippen molar-refractivity contribution >= 4 is 12.0 Å². The monoisotopic (exact) mass is 346 g/mol. The summed E-state index contributed by atoms with van der Waals surface area (Å²) >= 11 is 0. The number of β-amino-alcohol motifs (C(OH)–C–C–N with tert-alkyl or cyclic N) is 1. The van der Waals surface area contributed by atoms with E-state index >= 15 is 0 Å². The summed E-state index contributed by atoms with van der Waals surface area (Å²) in [6.45, 7) is 10.4. The van der Waals surface area contributed by atoms with Crippen molar-refractivity contribution < 1.29 is 14.6 Å². The van der Waals surface area contributed by atoms with Crippen LogP contribution in [0, 0.1) is 0 Å². The number of nitrogens with one attached hydrogen (secondary N) is 1. The average molecular weight is 346 g/mol. The largest absolute Gasteiger partial charge is 0.390 e. The zero-order valence-corrected chi connectivity index (χ0v) is 15.5. The number of aliphatic hydroxyl groups is 1. The van der Waals surface area contributed by atoms with Gasteiger partial charge in [-0.3, -0.25) is 9.69 Å². The first-order valence-electron chi connectivity index (χ1n) is 8.89. The van der Waals surface area contributed by atoms with Crippen molar-refractivity contribution in [1.82, 2.24) is 10.2 Å². The van der Waals surface area contributed by atoms with Crippen LogP contribution in [0.15, 0.2) is 30.3 Å². The van der Waals surface area contributed by atoms with E-state index in [0.29, 0.717) is 19.8 Å². The van der Waals surface area contributed by atoms with Crippen molar-refractivity contribution in [3.05, 3.63) is 41.5 Å². The van der Waals surface area contributed by atoms with Gasteiger partial charge in [-0.05, 0) is 22.6 Å². The lowest BCUT2D eigenvalue weighted by atomic mass is 9.87. The predicted octanol–water partition coefficient (Wildman–Crippen LogP) is 1.81. The Labute approximate surface area is 150 Å². The highest BCUT2D eigenvalue weighted by atomic mass is 16.5. The molecule has 1 atom stereocenters. The number of benzene rings is 1. The third-order valence-corrected chi connectivity index (χ3v) is 4.29. The zero-order chi connectivity index (χ0) is 18.3. The Balaban J connectivity index is 1.74. The topological polar surface area (TPSA) is 61.8 Å². The van der Waals surface area contributed by atoms with Gasteiger partial charge in [0.15, 0.2) is 0 Å². The number of hydrogen-bond donors (Lipinski definition) is 2. The highest BCUT2D eigenvalue weighted by Gasteiger charge is 2.15.